The topological polar surface area (TPSA) is 63.5 Å². The lowest BCUT2D eigenvalue weighted by Crippen LogP contribution is -2.28. The number of hydrogen-bond donors (Lipinski definition) is 0. The van der Waals surface area contributed by atoms with Gasteiger partial charge in [0.1, 0.15) is 0 Å². The van der Waals surface area contributed by atoms with E-state index in [2.05, 4.69) is 0 Å². The molecule has 0 spiro atoms. The summed E-state index contributed by atoms with van der Waals surface area (Å²) < 4.78 is 0. The average molecular weight is 296 g/mol. The Hall–Kier alpha value is -2.95. The second kappa shape index (κ2) is 7.17. The molecule has 0 radical (unpaired) electrons. The van der Waals surface area contributed by atoms with Crippen LogP contribution in [0.1, 0.15) is 12.5 Å². The minimum Gasteiger partial charge on any atom is -0.309 e. The minimum absolute atomic E-state index is 0.00464. The van der Waals surface area contributed by atoms with E-state index in [1.165, 1.54) is 18.2 Å². The lowest BCUT2D eigenvalue weighted by molar-refractivity contribution is -0.384. The van der Waals surface area contributed by atoms with Crippen molar-refractivity contribution in [1.29, 1.82) is 0 Å². The first-order valence-corrected chi connectivity index (χ1v) is 6.91. The maximum atomic E-state index is 12.3. The van der Waals surface area contributed by atoms with Crippen LogP contribution in [0.3, 0.4) is 0 Å². The molecule has 0 saturated heterocycles. The number of para-hydroxylation sites is 1. The third-order valence-corrected chi connectivity index (χ3v) is 3.15. The molecule has 0 aromatic heterocycles. The van der Waals surface area contributed by atoms with Crippen molar-refractivity contribution in [2.75, 3.05) is 11.4 Å². The smallest absolute Gasteiger partial charge is 0.270 e. The highest BCUT2D eigenvalue weighted by molar-refractivity contribution is 6.03. The standard InChI is InChI=1S/C17H16N2O3/c1-2-18(15-8-4-3-5-9-15)17(20)12-11-14-7-6-10-16(13-14)19(21)22/h3-13H,2H2,1H3/b12-11+. The molecule has 0 N–H and O–H groups in total. The molecule has 2 rings (SSSR count). The van der Waals surface area contributed by atoms with Crippen molar-refractivity contribution in [3.63, 3.8) is 0 Å². The SMILES string of the molecule is CCN(C(=O)/C=C/c1cccc([N+](=O)[O-])c1)c1ccccc1. The van der Waals surface area contributed by atoms with Gasteiger partial charge in [-0.25, -0.2) is 0 Å². The van der Waals surface area contributed by atoms with Crippen molar-refractivity contribution in [3.05, 3.63) is 76.4 Å². The number of nitrogens with zero attached hydrogens (tertiary/aromatic N) is 2. The highest BCUT2D eigenvalue weighted by atomic mass is 16.6. The van der Waals surface area contributed by atoms with Crippen LogP contribution in [-0.2, 0) is 4.79 Å². The molecule has 2 aromatic carbocycles. The highest BCUT2D eigenvalue weighted by Crippen LogP contribution is 2.16. The summed E-state index contributed by atoms with van der Waals surface area (Å²) in [7, 11) is 0. The number of nitro groups is 1. The van der Waals surface area contributed by atoms with E-state index in [0.717, 1.165) is 5.69 Å². The molecule has 22 heavy (non-hydrogen) atoms. The Morgan fingerprint density at radius 2 is 1.91 bits per heavy atom. The fourth-order valence-corrected chi connectivity index (χ4v) is 2.07. The number of rotatable bonds is 5. The first-order valence-electron chi connectivity index (χ1n) is 6.91. The molecule has 0 bridgehead atoms. The zero-order chi connectivity index (χ0) is 15.9. The van der Waals surface area contributed by atoms with Gasteiger partial charge >= 0.3 is 0 Å². The summed E-state index contributed by atoms with van der Waals surface area (Å²) in [6.45, 7) is 2.44. The maximum absolute atomic E-state index is 12.3. The average Bonchev–Trinajstić information content (AvgIpc) is 2.55. The number of anilines is 1. The van der Waals surface area contributed by atoms with Gasteiger partial charge in [0, 0.05) is 30.4 Å². The van der Waals surface area contributed by atoms with Crippen LogP contribution in [0.15, 0.2) is 60.7 Å². The number of carbonyl (C=O) groups is 1. The minimum atomic E-state index is -0.457. The van der Waals surface area contributed by atoms with E-state index in [0.29, 0.717) is 12.1 Å². The zero-order valence-corrected chi connectivity index (χ0v) is 12.2. The summed E-state index contributed by atoms with van der Waals surface area (Å²) in [5.41, 5.74) is 1.44. The van der Waals surface area contributed by atoms with Gasteiger partial charge in [-0.1, -0.05) is 30.3 Å². The molecule has 2 aromatic rings. The number of benzene rings is 2. The zero-order valence-electron chi connectivity index (χ0n) is 12.2. The molecular weight excluding hydrogens is 280 g/mol. The number of hydrogen-bond acceptors (Lipinski definition) is 3. The fraction of sp³-hybridized carbons (Fsp3) is 0.118. The molecule has 0 saturated carbocycles. The highest BCUT2D eigenvalue weighted by Gasteiger charge is 2.10. The van der Waals surface area contributed by atoms with Crippen molar-refractivity contribution in [2.45, 2.75) is 6.92 Å². The van der Waals surface area contributed by atoms with Crippen LogP contribution in [-0.4, -0.2) is 17.4 Å². The predicted molar refractivity (Wildman–Crippen MR) is 86.6 cm³/mol. The van der Waals surface area contributed by atoms with Crippen molar-refractivity contribution in [2.24, 2.45) is 0 Å². The van der Waals surface area contributed by atoms with Crippen molar-refractivity contribution in [1.82, 2.24) is 0 Å². The Morgan fingerprint density at radius 1 is 1.18 bits per heavy atom. The second-order valence-corrected chi connectivity index (χ2v) is 4.60. The van der Waals surface area contributed by atoms with Gasteiger partial charge in [-0.2, -0.15) is 0 Å². The van der Waals surface area contributed by atoms with Crippen LogP contribution >= 0.6 is 0 Å². The quantitative estimate of drug-likeness (QED) is 0.480. The third-order valence-electron chi connectivity index (χ3n) is 3.15. The molecular formula is C17H16N2O3. The van der Waals surface area contributed by atoms with Crippen molar-refractivity contribution < 1.29 is 9.72 Å². The lowest BCUT2D eigenvalue weighted by atomic mass is 10.2. The molecule has 1 amide bonds. The number of nitro benzene ring substituents is 1. The Labute approximate surface area is 128 Å². The Morgan fingerprint density at radius 3 is 2.55 bits per heavy atom. The summed E-state index contributed by atoms with van der Waals surface area (Å²) in [5.74, 6) is -0.166. The van der Waals surface area contributed by atoms with Gasteiger partial charge in [-0.05, 0) is 30.7 Å². The molecule has 0 aliphatic rings. The van der Waals surface area contributed by atoms with E-state index in [9.17, 15) is 14.9 Å². The Bertz CT molecular complexity index is 696. The Kier molecular flexibility index (Phi) is 5.03. The van der Waals surface area contributed by atoms with E-state index in [-0.39, 0.29) is 11.6 Å². The molecule has 0 aliphatic carbocycles. The van der Waals surface area contributed by atoms with Crippen LogP contribution in [0.4, 0.5) is 11.4 Å². The molecule has 0 heterocycles. The first kappa shape index (κ1) is 15.4. The number of carbonyl (C=O) groups excluding carboxylic acids is 1. The monoisotopic (exact) mass is 296 g/mol. The van der Waals surface area contributed by atoms with E-state index in [1.807, 2.05) is 37.3 Å². The maximum Gasteiger partial charge on any atom is 0.270 e. The van der Waals surface area contributed by atoms with Crippen molar-refractivity contribution in [3.8, 4) is 0 Å². The normalized spacial score (nSPS) is 10.6. The molecule has 5 nitrogen and oxygen atoms in total. The number of likely N-dealkylation sites (N-methyl/N-ethyl adjacent to an activating group) is 1. The molecule has 0 atom stereocenters. The van der Waals surface area contributed by atoms with E-state index in [4.69, 9.17) is 0 Å². The largest absolute Gasteiger partial charge is 0.309 e. The fourth-order valence-electron chi connectivity index (χ4n) is 2.07. The number of amides is 1. The van der Waals surface area contributed by atoms with Gasteiger partial charge in [-0.15, -0.1) is 0 Å². The molecule has 5 heteroatoms. The summed E-state index contributed by atoms with van der Waals surface area (Å²) in [6, 6.07) is 15.5. The molecule has 112 valence electrons. The number of non-ortho nitro benzene ring substituents is 1. The van der Waals surface area contributed by atoms with Crippen LogP contribution in [0, 0.1) is 10.1 Å². The summed E-state index contributed by atoms with van der Waals surface area (Å²) in [6.07, 6.45) is 3.01. The Balaban J connectivity index is 2.16. The first-order chi connectivity index (χ1) is 10.6. The van der Waals surface area contributed by atoms with E-state index < -0.39 is 4.92 Å². The van der Waals surface area contributed by atoms with Crippen LogP contribution in [0.25, 0.3) is 6.08 Å². The van der Waals surface area contributed by atoms with E-state index in [1.54, 1.807) is 23.1 Å². The molecule has 0 unspecified atom stereocenters. The van der Waals surface area contributed by atoms with Gasteiger partial charge in [0.2, 0.25) is 0 Å². The summed E-state index contributed by atoms with van der Waals surface area (Å²) in [5, 5.41) is 10.7. The van der Waals surface area contributed by atoms with E-state index >= 15 is 0 Å². The van der Waals surface area contributed by atoms with Gasteiger partial charge in [0.25, 0.3) is 11.6 Å². The van der Waals surface area contributed by atoms with Crippen LogP contribution in [0.5, 0.6) is 0 Å². The third kappa shape index (κ3) is 3.79. The van der Waals surface area contributed by atoms with Crippen molar-refractivity contribution >= 4 is 23.4 Å². The predicted octanol–water partition coefficient (Wildman–Crippen LogP) is 3.66. The van der Waals surface area contributed by atoms with Gasteiger partial charge in [0.15, 0.2) is 0 Å². The van der Waals surface area contributed by atoms with Crippen LogP contribution < -0.4 is 4.90 Å². The second-order valence-electron chi connectivity index (χ2n) is 4.60. The van der Waals surface area contributed by atoms with Crippen LogP contribution in [0.2, 0.25) is 0 Å². The molecule has 0 aliphatic heterocycles. The summed E-state index contributed by atoms with van der Waals surface area (Å²) in [4.78, 5) is 24.2. The van der Waals surface area contributed by atoms with Gasteiger partial charge < -0.3 is 4.90 Å². The molecule has 0 fully saturated rings. The summed E-state index contributed by atoms with van der Waals surface area (Å²) >= 11 is 0. The lowest BCUT2D eigenvalue weighted by Gasteiger charge is -2.19. The van der Waals surface area contributed by atoms with Gasteiger partial charge in [0.05, 0.1) is 4.92 Å². The van der Waals surface area contributed by atoms with Gasteiger partial charge in [-0.3, -0.25) is 14.9 Å².